The Hall–Kier alpha value is -2.11. The summed E-state index contributed by atoms with van der Waals surface area (Å²) in [6, 6.07) is 3.64. The van der Waals surface area contributed by atoms with Crippen LogP contribution in [-0.4, -0.2) is 34.7 Å². The minimum absolute atomic E-state index is 0.0776. The van der Waals surface area contributed by atoms with Crippen LogP contribution in [-0.2, 0) is 4.79 Å². The number of hydrogen-bond donors (Lipinski definition) is 1. The van der Waals surface area contributed by atoms with Gasteiger partial charge in [-0.25, -0.2) is 13.9 Å². The minimum atomic E-state index is -1.15. The molecule has 0 amide bonds. The summed E-state index contributed by atoms with van der Waals surface area (Å²) in [5, 5.41) is 20.2. The molecular weight excluding hydrogens is 229 g/mol. The zero-order chi connectivity index (χ0) is 12.6. The van der Waals surface area contributed by atoms with Gasteiger partial charge in [0, 0.05) is 0 Å². The molecule has 0 saturated carbocycles. The number of halogens is 1. The van der Waals surface area contributed by atoms with E-state index in [2.05, 4.69) is 0 Å². The molecule has 0 aromatic heterocycles. The van der Waals surface area contributed by atoms with Gasteiger partial charge in [-0.05, 0) is 18.2 Å². The summed E-state index contributed by atoms with van der Waals surface area (Å²) in [6.07, 6.45) is -1.19. The summed E-state index contributed by atoms with van der Waals surface area (Å²) in [4.78, 5) is 10.9. The van der Waals surface area contributed by atoms with Crippen molar-refractivity contribution in [3.8, 4) is 5.75 Å². The van der Waals surface area contributed by atoms with Gasteiger partial charge in [0.05, 0.1) is 12.0 Å². The van der Waals surface area contributed by atoms with E-state index in [4.69, 9.17) is 9.84 Å². The second kappa shape index (κ2) is 4.04. The van der Waals surface area contributed by atoms with E-state index >= 15 is 0 Å². The zero-order valence-electron chi connectivity index (χ0n) is 9.01. The molecule has 0 spiro atoms. The third kappa shape index (κ3) is 2.06. The standard InChI is InChI=1S/C11H10FNO4/c1-13(16)8-5-10(11(14)15)17-9-3-2-6(12)4-7(8)9/h2-4,10H,5H2,1H3,(H,14,15)/b13-8+/t10-/m1/s1. The van der Waals surface area contributed by atoms with Crippen LogP contribution in [0.25, 0.3) is 0 Å². The first-order valence-electron chi connectivity index (χ1n) is 4.95. The van der Waals surface area contributed by atoms with Crippen molar-refractivity contribution >= 4 is 11.7 Å². The number of aliphatic carboxylic acids is 1. The highest BCUT2D eigenvalue weighted by molar-refractivity contribution is 6.02. The monoisotopic (exact) mass is 239 g/mol. The van der Waals surface area contributed by atoms with E-state index in [1.165, 1.54) is 13.1 Å². The lowest BCUT2D eigenvalue weighted by Crippen LogP contribution is -2.36. The summed E-state index contributed by atoms with van der Waals surface area (Å²) in [5.41, 5.74) is 0.512. The van der Waals surface area contributed by atoms with Crippen LogP contribution in [0.1, 0.15) is 12.0 Å². The maximum absolute atomic E-state index is 13.1. The van der Waals surface area contributed by atoms with Gasteiger partial charge in [-0.1, -0.05) is 0 Å². The Morgan fingerprint density at radius 2 is 2.35 bits per heavy atom. The van der Waals surface area contributed by atoms with E-state index in [1.807, 2.05) is 0 Å². The number of ether oxygens (including phenoxy) is 1. The Morgan fingerprint density at radius 1 is 1.65 bits per heavy atom. The second-order valence-electron chi connectivity index (χ2n) is 3.73. The van der Waals surface area contributed by atoms with Crippen LogP contribution in [0.15, 0.2) is 18.2 Å². The van der Waals surface area contributed by atoms with E-state index in [0.29, 0.717) is 10.3 Å². The van der Waals surface area contributed by atoms with E-state index in [-0.39, 0.29) is 17.9 Å². The van der Waals surface area contributed by atoms with Gasteiger partial charge in [0.15, 0.2) is 0 Å². The third-order valence-electron chi connectivity index (χ3n) is 2.56. The lowest BCUT2D eigenvalue weighted by molar-refractivity contribution is -0.424. The van der Waals surface area contributed by atoms with Crippen LogP contribution in [0.3, 0.4) is 0 Å². The molecule has 0 aliphatic carbocycles. The molecule has 0 radical (unpaired) electrons. The van der Waals surface area contributed by atoms with Crippen LogP contribution >= 0.6 is 0 Å². The van der Waals surface area contributed by atoms with Crippen molar-refractivity contribution in [2.24, 2.45) is 0 Å². The highest BCUT2D eigenvalue weighted by atomic mass is 19.1. The number of carboxylic acids is 1. The molecule has 1 atom stereocenters. The van der Waals surface area contributed by atoms with E-state index in [0.717, 1.165) is 12.1 Å². The van der Waals surface area contributed by atoms with Gasteiger partial charge in [0.25, 0.3) is 0 Å². The van der Waals surface area contributed by atoms with Crippen LogP contribution in [0, 0.1) is 11.0 Å². The SMILES string of the molecule is C/[N+]([O-])=C1/C[C@H](C(=O)O)Oc2ccc(F)cc21. The maximum atomic E-state index is 13.1. The van der Waals surface area contributed by atoms with Gasteiger partial charge in [-0.2, -0.15) is 0 Å². The Bertz CT molecular complexity index is 508. The van der Waals surface area contributed by atoms with E-state index < -0.39 is 17.9 Å². The molecule has 1 aromatic carbocycles. The Kier molecular flexibility index (Phi) is 2.71. The molecule has 90 valence electrons. The summed E-state index contributed by atoms with van der Waals surface area (Å²) in [6.45, 7) is 0. The molecule has 0 unspecified atom stereocenters. The molecule has 0 fully saturated rings. The zero-order valence-corrected chi connectivity index (χ0v) is 9.01. The van der Waals surface area contributed by atoms with Crippen molar-refractivity contribution in [1.82, 2.24) is 0 Å². The van der Waals surface area contributed by atoms with Crippen molar-refractivity contribution in [2.45, 2.75) is 12.5 Å². The Balaban J connectivity index is 2.54. The fourth-order valence-electron chi connectivity index (χ4n) is 1.75. The van der Waals surface area contributed by atoms with Gasteiger partial charge < -0.3 is 15.1 Å². The number of benzene rings is 1. The first-order chi connectivity index (χ1) is 7.99. The van der Waals surface area contributed by atoms with Gasteiger partial charge in [-0.15, -0.1) is 0 Å². The van der Waals surface area contributed by atoms with E-state index in [1.54, 1.807) is 0 Å². The predicted octanol–water partition coefficient (Wildman–Crippen LogP) is 0.991. The average molecular weight is 239 g/mol. The third-order valence-corrected chi connectivity index (χ3v) is 2.56. The summed E-state index contributed by atoms with van der Waals surface area (Å²) < 4.78 is 18.8. The first kappa shape index (κ1) is 11.4. The van der Waals surface area contributed by atoms with Crippen LogP contribution < -0.4 is 4.74 Å². The maximum Gasteiger partial charge on any atom is 0.345 e. The number of rotatable bonds is 1. The van der Waals surface area contributed by atoms with Crippen molar-refractivity contribution in [3.05, 3.63) is 34.8 Å². The molecule has 5 nitrogen and oxygen atoms in total. The molecule has 0 bridgehead atoms. The second-order valence-corrected chi connectivity index (χ2v) is 3.73. The number of hydroxylamine groups is 1. The molecule has 1 aliphatic heterocycles. The van der Waals surface area contributed by atoms with Crippen molar-refractivity contribution in [2.75, 3.05) is 7.05 Å². The fourth-order valence-corrected chi connectivity index (χ4v) is 1.75. The van der Waals surface area contributed by atoms with Crippen LogP contribution in [0.5, 0.6) is 5.75 Å². The number of carbonyl (C=O) groups is 1. The van der Waals surface area contributed by atoms with Gasteiger partial charge >= 0.3 is 5.97 Å². The quantitative estimate of drug-likeness (QED) is 0.450. The molecular formula is C11H10FNO4. The first-order valence-corrected chi connectivity index (χ1v) is 4.95. The average Bonchev–Trinajstić information content (AvgIpc) is 2.27. The Morgan fingerprint density at radius 3 is 2.94 bits per heavy atom. The number of hydrogen-bond acceptors (Lipinski definition) is 3. The topological polar surface area (TPSA) is 72.6 Å². The van der Waals surface area contributed by atoms with Crippen molar-refractivity contribution in [3.63, 3.8) is 0 Å². The Labute approximate surface area is 96.3 Å². The largest absolute Gasteiger partial charge is 0.624 e. The summed E-state index contributed by atoms with van der Waals surface area (Å²) >= 11 is 0. The number of nitrogens with zero attached hydrogens (tertiary/aromatic N) is 1. The van der Waals surface area contributed by atoms with Crippen molar-refractivity contribution in [1.29, 1.82) is 0 Å². The molecule has 1 N–H and O–H groups in total. The fraction of sp³-hybridized carbons (Fsp3) is 0.273. The molecule has 1 heterocycles. The minimum Gasteiger partial charge on any atom is -0.624 e. The van der Waals surface area contributed by atoms with E-state index in [9.17, 15) is 14.4 Å². The van der Waals surface area contributed by atoms with Crippen molar-refractivity contribution < 1.29 is 23.8 Å². The van der Waals surface area contributed by atoms with Gasteiger partial charge in [0.2, 0.25) is 11.8 Å². The van der Waals surface area contributed by atoms with Crippen LogP contribution in [0.4, 0.5) is 4.39 Å². The molecule has 17 heavy (non-hydrogen) atoms. The smallest absolute Gasteiger partial charge is 0.345 e. The summed E-state index contributed by atoms with van der Waals surface area (Å²) in [5.74, 6) is -1.44. The highest BCUT2D eigenvalue weighted by Gasteiger charge is 2.33. The molecule has 6 heteroatoms. The molecule has 1 aliphatic rings. The predicted molar refractivity (Wildman–Crippen MR) is 56.7 cm³/mol. The highest BCUT2D eigenvalue weighted by Crippen LogP contribution is 2.28. The molecule has 0 saturated heterocycles. The van der Waals surface area contributed by atoms with Gasteiger partial charge in [0.1, 0.15) is 18.6 Å². The van der Waals surface area contributed by atoms with Crippen LogP contribution in [0.2, 0.25) is 0 Å². The molecule has 2 rings (SSSR count). The normalized spacial score (nSPS) is 21.4. The molecule has 1 aromatic rings. The lowest BCUT2D eigenvalue weighted by atomic mass is 9.99. The summed E-state index contributed by atoms with van der Waals surface area (Å²) in [7, 11) is 1.24. The number of fused-ring (bicyclic) bond motifs is 1. The lowest BCUT2D eigenvalue weighted by Gasteiger charge is -2.23. The number of carboxylic acid groups (broad SMARTS) is 1. The van der Waals surface area contributed by atoms with Gasteiger partial charge in [-0.3, -0.25) is 0 Å².